The minimum Gasteiger partial charge on any atom is -0.480 e. The third kappa shape index (κ3) is 4.80. The van der Waals surface area contributed by atoms with Crippen LogP contribution in [-0.2, 0) is 11.3 Å². The molecule has 0 aliphatic heterocycles. The number of nitrogens with one attached hydrogen (secondary N) is 1. The smallest absolute Gasteiger partial charge is 0.320 e. The van der Waals surface area contributed by atoms with Crippen LogP contribution in [0.4, 0.5) is 0 Å². The molecule has 0 saturated carbocycles. The van der Waals surface area contributed by atoms with E-state index >= 15 is 0 Å². The minimum atomic E-state index is -0.800. The molecule has 1 aromatic heterocycles. The van der Waals surface area contributed by atoms with Crippen LogP contribution in [0.25, 0.3) is 0 Å². The molecule has 0 radical (unpaired) electrons. The van der Waals surface area contributed by atoms with Gasteiger partial charge < -0.3 is 5.11 Å². The summed E-state index contributed by atoms with van der Waals surface area (Å²) in [5.41, 5.74) is 1.80. The Bertz CT molecular complexity index is 340. The lowest BCUT2D eigenvalue weighted by molar-refractivity contribution is -0.140. The number of carboxylic acid groups (broad SMARTS) is 1. The highest BCUT2D eigenvalue weighted by molar-refractivity contribution is 7.09. The van der Waals surface area contributed by atoms with E-state index in [9.17, 15) is 4.79 Å². The number of hydrogen-bond acceptors (Lipinski definition) is 5. The van der Waals surface area contributed by atoms with Gasteiger partial charge in [-0.1, -0.05) is 13.8 Å². The molecule has 1 aromatic rings. The highest BCUT2D eigenvalue weighted by atomic mass is 32.1. The Balaban J connectivity index is 2.36. The number of carbonyl (C=O) groups is 1. The Morgan fingerprint density at radius 3 is 2.82 bits per heavy atom. The molecule has 1 atom stereocenters. The maximum atomic E-state index is 11.0. The van der Waals surface area contributed by atoms with E-state index in [0.717, 1.165) is 6.54 Å². The molecule has 2 N–H and O–H groups in total. The van der Waals surface area contributed by atoms with E-state index in [0.29, 0.717) is 6.67 Å². The summed E-state index contributed by atoms with van der Waals surface area (Å²) in [4.78, 5) is 18.2. The fraction of sp³-hybridized carbons (Fsp3) is 0.636. The van der Waals surface area contributed by atoms with E-state index < -0.39 is 12.0 Å². The molecule has 0 bridgehead atoms. The fourth-order valence-electron chi connectivity index (χ4n) is 1.50. The average Bonchev–Trinajstić information content (AvgIpc) is 2.69. The van der Waals surface area contributed by atoms with Gasteiger partial charge in [-0.05, 0) is 13.0 Å². The van der Waals surface area contributed by atoms with E-state index in [2.05, 4.69) is 10.3 Å². The number of thiazole rings is 1. The van der Waals surface area contributed by atoms with Crippen LogP contribution in [0, 0.1) is 5.92 Å². The molecule has 0 saturated heterocycles. The highest BCUT2D eigenvalue weighted by Gasteiger charge is 2.20. The van der Waals surface area contributed by atoms with Crippen molar-refractivity contribution >= 4 is 17.3 Å². The number of rotatable bonds is 7. The van der Waals surface area contributed by atoms with Crippen molar-refractivity contribution in [2.75, 3.05) is 13.7 Å². The standard InChI is InChI=1S/C11H19N3O2S/c1-8(2)10(11(15)16)13-6-14(3)5-9-4-12-7-17-9/h4,7-8,10,13H,5-6H2,1-3H3,(H,15,16). The number of carboxylic acids is 1. The van der Waals surface area contributed by atoms with E-state index in [4.69, 9.17) is 5.11 Å². The maximum Gasteiger partial charge on any atom is 0.320 e. The summed E-state index contributed by atoms with van der Waals surface area (Å²) in [6.07, 6.45) is 1.83. The van der Waals surface area contributed by atoms with E-state index in [1.165, 1.54) is 4.88 Å². The second-order valence-corrected chi connectivity index (χ2v) is 5.37. The molecule has 0 aliphatic rings. The second-order valence-electron chi connectivity index (χ2n) is 4.40. The Labute approximate surface area is 105 Å². The van der Waals surface area contributed by atoms with Gasteiger partial charge in [0.1, 0.15) is 6.04 Å². The van der Waals surface area contributed by atoms with Crippen molar-refractivity contribution in [1.82, 2.24) is 15.2 Å². The summed E-state index contributed by atoms with van der Waals surface area (Å²) >= 11 is 1.60. The first-order valence-electron chi connectivity index (χ1n) is 5.52. The zero-order chi connectivity index (χ0) is 12.8. The summed E-state index contributed by atoms with van der Waals surface area (Å²) in [6, 6.07) is -0.501. The Kier molecular flexibility index (Phi) is 5.54. The number of aliphatic carboxylic acids is 1. The summed E-state index contributed by atoms with van der Waals surface area (Å²) < 4.78 is 0. The van der Waals surface area contributed by atoms with Crippen molar-refractivity contribution in [2.24, 2.45) is 5.92 Å². The summed E-state index contributed by atoms with van der Waals surface area (Å²) in [6.45, 7) is 5.12. The van der Waals surface area contributed by atoms with Crippen LogP contribution < -0.4 is 5.32 Å². The van der Waals surface area contributed by atoms with Gasteiger partial charge in [-0.15, -0.1) is 11.3 Å². The van der Waals surface area contributed by atoms with Crippen LogP contribution in [0.1, 0.15) is 18.7 Å². The van der Waals surface area contributed by atoms with Crippen LogP contribution in [0.3, 0.4) is 0 Å². The van der Waals surface area contributed by atoms with Crippen LogP contribution in [-0.4, -0.2) is 40.7 Å². The molecular formula is C11H19N3O2S. The highest BCUT2D eigenvalue weighted by Crippen LogP contribution is 2.08. The Morgan fingerprint density at radius 1 is 1.65 bits per heavy atom. The molecule has 5 nitrogen and oxygen atoms in total. The van der Waals surface area contributed by atoms with Crippen molar-refractivity contribution in [3.8, 4) is 0 Å². The summed E-state index contributed by atoms with van der Waals surface area (Å²) in [7, 11) is 1.95. The van der Waals surface area contributed by atoms with Gasteiger partial charge in [-0.2, -0.15) is 0 Å². The van der Waals surface area contributed by atoms with Gasteiger partial charge in [0.25, 0.3) is 0 Å². The summed E-state index contributed by atoms with van der Waals surface area (Å²) in [5, 5.41) is 12.1. The molecule has 0 aromatic carbocycles. The lowest BCUT2D eigenvalue weighted by atomic mass is 10.1. The maximum absolute atomic E-state index is 11.0. The zero-order valence-electron chi connectivity index (χ0n) is 10.4. The lowest BCUT2D eigenvalue weighted by Gasteiger charge is -2.22. The number of hydrogen-bond donors (Lipinski definition) is 2. The van der Waals surface area contributed by atoms with Crippen LogP contribution >= 0.6 is 11.3 Å². The SMILES string of the molecule is CC(C)C(NCN(C)Cc1cncs1)C(=O)O. The first-order chi connectivity index (χ1) is 8.00. The zero-order valence-corrected chi connectivity index (χ0v) is 11.2. The van der Waals surface area contributed by atoms with Crippen molar-refractivity contribution in [3.63, 3.8) is 0 Å². The quantitative estimate of drug-likeness (QED) is 0.719. The van der Waals surface area contributed by atoms with Gasteiger partial charge in [0, 0.05) is 24.3 Å². The molecule has 0 spiro atoms. The van der Waals surface area contributed by atoms with E-state index in [-0.39, 0.29) is 5.92 Å². The van der Waals surface area contributed by atoms with Gasteiger partial charge in [0.05, 0.1) is 5.51 Å². The Hall–Kier alpha value is -0.980. The monoisotopic (exact) mass is 257 g/mol. The molecule has 96 valence electrons. The predicted octanol–water partition coefficient (Wildman–Crippen LogP) is 1.23. The topological polar surface area (TPSA) is 65.5 Å². The molecule has 0 amide bonds. The van der Waals surface area contributed by atoms with Crippen molar-refractivity contribution < 1.29 is 9.90 Å². The van der Waals surface area contributed by atoms with Gasteiger partial charge in [-0.3, -0.25) is 20.0 Å². The van der Waals surface area contributed by atoms with Crippen molar-refractivity contribution in [2.45, 2.75) is 26.4 Å². The van der Waals surface area contributed by atoms with Gasteiger partial charge in [-0.25, -0.2) is 0 Å². The lowest BCUT2D eigenvalue weighted by Crippen LogP contribution is -2.45. The van der Waals surface area contributed by atoms with Gasteiger partial charge in [0.2, 0.25) is 0 Å². The minimum absolute atomic E-state index is 0.0734. The van der Waals surface area contributed by atoms with Gasteiger partial charge >= 0.3 is 5.97 Å². The van der Waals surface area contributed by atoms with E-state index in [1.807, 2.05) is 32.0 Å². The third-order valence-electron chi connectivity index (χ3n) is 2.42. The largest absolute Gasteiger partial charge is 0.480 e. The molecular weight excluding hydrogens is 238 g/mol. The summed E-state index contributed by atoms with van der Waals surface area (Å²) in [5.74, 6) is -0.726. The number of nitrogens with zero attached hydrogens (tertiary/aromatic N) is 2. The van der Waals surface area contributed by atoms with Crippen molar-refractivity contribution in [1.29, 1.82) is 0 Å². The van der Waals surface area contributed by atoms with Crippen LogP contribution in [0.2, 0.25) is 0 Å². The van der Waals surface area contributed by atoms with Crippen molar-refractivity contribution in [3.05, 3.63) is 16.6 Å². The second kappa shape index (κ2) is 6.68. The molecule has 1 unspecified atom stereocenters. The van der Waals surface area contributed by atoms with Crippen LogP contribution in [0.15, 0.2) is 11.7 Å². The van der Waals surface area contributed by atoms with Gasteiger partial charge in [0.15, 0.2) is 0 Å². The van der Waals surface area contributed by atoms with Crippen LogP contribution in [0.5, 0.6) is 0 Å². The average molecular weight is 257 g/mol. The Morgan fingerprint density at radius 2 is 2.35 bits per heavy atom. The van der Waals surface area contributed by atoms with E-state index in [1.54, 1.807) is 16.8 Å². The third-order valence-corrected chi connectivity index (χ3v) is 3.19. The predicted molar refractivity (Wildman–Crippen MR) is 67.8 cm³/mol. The molecule has 1 heterocycles. The normalized spacial score (nSPS) is 13.2. The fourth-order valence-corrected chi connectivity index (χ4v) is 2.18. The first-order valence-corrected chi connectivity index (χ1v) is 6.40. The molecule has 0 aliphatic carbocycles. The number of aromatic nitrogens is 1. The molecule has 17 heavy (non-hydrogen) atoms. The molecule has 1 rings (SSSR count). The first kappa shape index (κ1) is 14.1. The molecule has 6 heteroatoms. The molecule has 0 fully saturated rings.